The second-order valence-corrected chi connectivity index (χ2v) is 5.33. The monoisotopic (exact) mass is 245 g/mol. The average Bonchev–Trinajstić information content (AvgIpc) is 2.20. The number of nitrogens with two attached hydrogens (primary N) is 1. The van der Waals surface area contributed by atoms with Gasteiger partial charge in [-0.25, -0.2) is 4.79 Å². The van der Waals surface area contributed by atoms with Crippen molar-refractivity contribution in [3.8, 4) is 0 Å². The normalized spacial score (nSPS) is 13.2. The quantitative estimate of drug-likeness (QED) is 0.587. The zero-order valence-corrected chi connectivity index (χ0v) is 11.5. The summed E-state index contributed by atoms with van der Waals surface area (Å²) < 4.78 is 5.11. The van der Waals surface area contributed by atoms with E-state index in [2.05, 4.69) is 17.6 Å². The molecule has 102 valence electrons. The smallest absolute Gasteiger partial charge is 0.407 e. The number of nitrogens with one attached hydrogen (secondary N) is 2. The van der Waals surface area contributed by atoms with Crippen molar-refractivity contribution in [3.63, 3.8) is 0 Å². The Balaban J connectivity index is 3.37. The van der Waals surface area contributed by atoms with Crippen LogP contribution in [0.2, 0.25) is 0 Å². The molecule has 5 nitrogen and oxygen atoms in total. The molecule has 1 unspecified atom stereocenters. The van der Waals surface area contributed by atoms with Gasteiger partial charge in [0.05, 0.1) is 0 Å². The van der Waals surface area contributed by atoms with Crippen LogP contribution in [0.1, 0.15) is 34.1 Å². The largest absolute Gasteiger partial charge is 0.444 e. The molecular weight excluding hydrogens is 218 g/mol. The van der Waals surface area contributed by atoms with Crippen molar-refractivity contribution < 1.29 is 9.53 Å². The third-order valence-corrected chi connectivity index (χ3v) is 2.09. The topological polar surface area (TPSA) is 76.4 Å². The van der Waals surface area contributed by atoms with Gasteiger partial charge in [0.1, 0.15) is 5.60 Å². The molecule has 0 fully saturated rings. The molecule has 1 atom stereocenters. The molecule has 1 amide bonds. The number of alkyl carbamates (subject to hydrolysis) is 1. The molecule has 0 heterocycles. The molecule has 0 bridgehead atoms. The number of carbonyl (C=O) groups is 1. The van der Waals surface area contributed by atoms with Crippen LogP contribution in [0.3, 0.4) is 0 Å². The first kappa shape index (κ1) is 16.2. The number of ether oxygens (including phenoxy) is 1. The molecule has 0 aliphatic carbocycles. The molecule has 0 aromatic heterocycles. The molecule has 4 N–H and O–H groups in total. The number of rotatable bonds is 7. The number of amides is 1. The van der Waals surface area contributed by atoms with Crippen LogP contribution in [0.15, 0.2) is 0 Å². The van der Waals surface area contributed by atoms with Crippen LogP contribution in [0.4, 0.5) is 4.79 Å². The highest BCUT2D eigenvalue weighted by Crippen LogP contribution is 2.06. The molecule has 0 saturated carbocycles. The van der Waals surface area contributed by atoms with Gasteiger partial charge in [0, 0.05) is 6.54 Å². The van der Waals surface area contributed by atoms with Crippen molar-refractivity contribution in [2.75, 3.05) is 26.2 Å². The molecule has 0 radical (unpaired) electrons. The molecule has 5 heteroatoms. The van der Waals surface area contributed by atoms with Gasteiger partial charge in [0.15, 0.2) is 0 Å². The van der Waals surface area contributed by atoms with E-state index in [1.807, 2.05) is 20.8 Å². The summed E-state index contributed by atoms with van der Waals surface area (Å²) in [6.07, 6.45) is 0.532. The Morgan fingerprint density at radius 1 is 1.35 bits per heavy atom. The minimum Gasteiger partial charge on any atom is -0.444 e. The first-order chi connectivity index (χ1) is 7.85. The lowest BCUT2D eigenvalue weighted by molar-refractivity contribution is 0.0527. The van der Waals surface area contributed by atoms with Crippen molar-refractivity contribution in [3.05, 3.63) is 0 Å². The minimum absolute atomic E-state index is 0.354. The zero-order chi connectivity index (χ0) is 13.3. The Kier molecular flexibility index (Phi) is 7.91. The Morgan fingerprint density at radius 2 is 2.00 bits per heavy atom. The highest BCUT2D eigenvalue weighted by molar-refractivity contribution is 5.67. The van der Waals surface area contributed by atoms with Crippen LogP contribution in [-0.4, -0.2) is 37.9 Å². The summed E-state index contributed by atoms with van der Waals surface area (Å²) in [4.78, 5) is 11.3. The van der Waals surface area contributed by atoms with E-state index in [0.717, 1.165) is 19.5 Å². The second-order valence-electron chi connectivity index (χ2n) is 5.33. The predicted molar refractivity (Wildman–Crippen MR) is 69.9 cm³/mol. The SMILES string of the molecule is CC(CN)CNCCCNC(=O)OC(C)(C)C. The van der Waals surface area contributed by atoms with Gasteiger partial charge >= 0.3 is 6.09 Å². The fourth-order valence-corrected chi connectivity index (χ4v) is 1.15. The van der Waals surface area contributed by atoms with E-state index in [1.165, 1.54) is 0 Å². The van der Waals surface area contributed by atoms with Gasteiger partial charge in [-0.3, -0.25) is 0 Å². The summed E-state index contributed by atoms with van der Waals surface area (Å²) in [5.41, 5.74) is 5.07. The lowest BCUT2D eigenvalue weighted by atomic mass is 10.2. The molecular formula is C12H27N3O2. The number of carbonyl (C=O) groups excluding carboxylic acids is 1. The van der Waals surface area contributed by atoms with Crippen LogP contribution in [-0.2, 0) is 4.74 Å². The highest BCUT2D eigenvalue weighted by atomic mass is 16.6. The molecule has 0 aliphatic rings. The minimum atomic E-state index is -0.432. The first-order valence-corrected chi connectivity index (χ1v) is 6.23. The van der Waals surface area contributed by atoms with Gasteiger partial charge in [-0.05, 0) is 52.7 Å². The summed E-state index contributed by atoms with van der Waals surface area (Å²) in [7, 11) is 0. The number of hydrogen-bond donors (Lipinski definition) is 3. The Bertz CT molecular complexity index is 214. The lowest BCUT2D eigenvalue weighted by Gasteiger charge is -2.19. The van der Waals surface area contributed by atoms with Crippen molar-refractivity contribution in [1.82, 2.24) is 10.6 Å². The van der Waals surface area contributed by atoms with Crippen LogP contribution >= 0.6 is 0 Å². The van der Waals surface area contributed by atoms with Crippen LogP contribution in [0.5, 0.6) is 0 Å². The molecule has 0 aromatic rings. The van der Waals surface area contributed by atoms with Gasteiger partial charge < -0.3 is 21.1 Å². The van der Waals surface area contributed by atoms with Gasteiger partial charge in [-0.2, -0.15) is 0 Å². The fraction of sp³-hybridized carbons (Fsp3) is 0.917. The van der Waals surface area contributed by atoms with Crippen molar-refractivity contribution in [2.24, 2.45) is 11.7 Å². The third-order valence-electron chi connectivity index (χ3n) is 2.09. The van der Waals surface area contributed by atoms with Crippen molar-refractivity contribution >= 4 is 6.09 Å². The zero-order valence-electron chi connectivity index (χ0n) is 11.5. The van der Waals surface area contributed by atoms with E-state index in [9.17, 15) is 4.79 Å². The maximum atomic E-state index is 11.3. The molecule has 17 heavy (non-hydrogen) atoms. The van der Waals surface area contributed by atoms with Gasteiger partial charge in [-0.1, -0.05) is 6.92 Å². The Morgan fingerprint density at radius 3 is 2.53 bits per heavy atom. The van der Waals surface area contributed by atoms with Gasteiger partial charge in [0.25, 0.3) is 0 Å². The standard InChI is InChI=1S/C12H27N3O2/c1-10(8-13)9-14-6-5-7-15-11(16)17-12(2,3)4/h10,14H,5-9,13H2,1-4H3,(H,15,16). The molecule has 0 rings (SSSR count). The van der Waals surface area contributed by atoms with Crippen LogP contribution in [0, 0.1) is 5.92 Å². The molecule has 0 saturated heterocycles. The van der Waals surface area contributed by atoms with E-state index in [4.69, 9.17) is 10.5 Å². The van der Waals surface area contributed by atoms with E-state index in [0.29, 0.717) is 19.0 Å². The third kappa shape index (κ3) is 11.5. The van der Waals surface area contributed by atoms with Crippen LogP contribution < -0.4 is 16.4 Å². The van der Waals surface area contributed by atoms with Crippen molar-refractivity contribution in [2.45, 2.75) is 39.7 Å². The summed E-state index contributed by atoms with van der Waals surface area (Å²) in [5.74, 6) is 0.494. The van der Waals surface area contributed by atoms with Crippen LogP contribution in [0.25, 0.3) is 0 Å². The summed E-state index contributed by atoms with van der Waals surface area (Å²) in [6, 6.07) is 0. The van der Waals surface area contributed by atoms with Gasteiger partial charge in [0.2, 0.25) is 0 Å². The van der Waals surface area contributed by atoms with E-state index < -0.39 is 5.60 Å². The number of hydrogen-bond acceptors (Lipinski definition) is 4. The summed E-state index contributed by atoms with van der Waals surface area (Å²) in [5, 5.41) is 6.00. The Hall–Kier alpha value is -0.810. The maximum absolute atomic E-state index is 11.3. The first-order valence-electron chi connectivity index (χ1n) is 6.23. The second kappa shape index (κ2) is 8.31. The predicted octanol–water partition coefficient (Wildman–Crippen LogP) is 1.09. The summed E-state index contributed by atoms with van der Waals surface area (Å²) >= 11 is 0. The van der Waals surface area contributed by atoms with Crippen molar-refractivity contribution in [1.29, 1.82) is 0 Å². The highest BCUT2D eigenvalue weighted by Gasteiger charge is 2.15. The van der Waals surface area contributed by atoms with E-state index in [-0.39, 0.29) is 6.09 Å². The van der Waals surface area contributed by atoms with E-state index in [1.54, 1.807) is 0 Å². The molecule has 0 aromatic carbocycles. The Labute approximate surface area is 104 Å². The fourth-order valence-electron chi connectivity index (χ4n) is 1.15. The average molecular weight is 245 g/mol. The van der Waals surface area contributed by atoms with E-state index >= 15 is 0 Å². The lowest BCUT2D eigenvalue weighted by Crippen LogP contribution is -2.34. The maximum Gasteiger partial charge on any atom is 0.407 e. The van der Waals surface area contributed by atoms with Gasteiger partial charge in [-0.15, -0.1) is 0 Å². The molecule has 0 aliphatic heterocycles. The molecule has 0 spiro atoms. The summed E-state index contributed by atoms with van der Waals surface area (Å²) in [6.45, 7) is 10.8.